The Labute approximate surface area is 82.0 Å². The van der Waals surface area contributed by atoms with Gasteiger partial charge in [-0.25, -0.2) is 0 Å². The van der Waals surface area contributed by atoms with Crippen LogP contribution in [0.15, 0.2) is 42.6 Å². The van der Waals surface area contributed by atoms with E-state index in [2.05, 4.69) is 11.1 Å². The number of nitrogens with zero attached hydrogens (tertiary/aromatic N) is 1. The molecule has 0 unspecified atom stereocenters. The van der Waals surface area contributed by atoms with Crippen LogP contribution in [0.5, 0.6) is 0 Å². The zero-order valence-corrected chi connectivity index (χ0v) is 7.62. The number of rotatable bonds is 1. The molecule has 13 heavy (non-hydrogen) atoms. The molecule has 1 radical (unpaired) electrons. The molecule has 0 aliphatic rings. The third-order valence-corrected chi connectivity index (χ3v) is 2.04. The molecule has 0 aliphatic carbocycles. The Hall–Kier alpha value is -1.34. The lowest BCUT2D eigenvalue weighted by Gasteiger charge is -2.00. The molecule has 1 nitrogen and oxygen atoms in total. The summed E-state index contributed by atoms with van der Waals surface area (Å²) in [6.07, 6.45) is 1.62. The van der Waals surface area contributed by atoms with Crippen LogP contribution in [0.1, 0.15) is 0 Å². The summed E-state index contributed by atoms with van der Waals surface area (Å²) < 4.78 is 0. The number of hydrogen-bond acceptors (Lipinski definition) is 1. The maximum Gasteiger partial charge on any atom is 0.0888 e. The molecule has 1 heterocycles. The second-order valence-corrected chi connectivity index (χ2v) is 3.04. The number of hydrogen-bond donors (Lipinski definition) is 0. The lowest BCUT2D eigenvalue weighted by molar-refractivity contribution is 1.32. The summed E-state index contributed by atoms with van der Waals surface area (Å²) in [6, 6.07) is 14.4. The average Bonchev–Trinajstić information content (AvgIpc) is 2.20. The minimum Gasteiger partial charge on any atom is -0.254 e. The summed E-state index contributed by atoms with van der Waals surface area (Å²) in [5.74, 6) is 0. The fraction of sp³-hybridized carbons (Fsp3) is 0. The van der Waals surface area contributed by atoms with Crippen LogP contribution in [0.25, 0.3) is 11.3 Å². The van der Waals surface area contributed by atoms with Crippen LogP contribution < -0.4 is 0 Å². The Morgan fingerprint density at radius 1 is 1.15 bits per heavy atom. The van der Waals surface area contributed by atoms with Gasteiger partial charge >= 0.3 is 0 Å². The zero-order chi connectivity index (χ0) is 9.10. The maximum atomic E-state index is 5.97. The van der Waals surface area contributed by atoms with Gasteiger partial charge in [-0.1, -0.05) is 41.9 Å². The van der Waals surface area contributed by atoms with Crippen molar-refractivity contribution in [2.75, 3.05) is 0 Å². The van der Waals surface area contributed by atoms with Crippen molar-refractivity contribution in [3.8, 4) is 11.3 Å². The molecule has 0 saturated carbocycles. The van der Waals surface area contributed by atoms with Gasteiger partial charge < -0.3 is 0 Å². The van der Waals surface area contributed by atoms with E-state index in [1.54, 1.807) is 12.3 Å². The number of pyridine rings is 1. The van der Waals surface area contributed by atoms with E-state index in [0.717, 1.165) is 11.3 Å². The van der Waals surface area contributed by atoms with Crippen molar-refractivity contribution in [1.82, 2.24) is 4.98 Å². The number of aromatic nitrogens is 1. The first-order valence-corrected chi connectivity index (χ1v) is 4.33. The van der Waals surface area contributed by atoms with Gasteiger partial charge in [-0.05, 0) is 6.07 Å². The topological polar surface area (TPSA) is 12.9 Å². The SMILES string of the molecule is Clc1c[c]cnc1-c1ccccc1. The standard InChI is InChI=1S/C11H7ClN/c12-10-7-4-8-13-11(10)9-5-2-1-3-6-9/h1-3,5-8H. The molecule has 2 aromatic rings. The molecule has 2 heteroatoms. The van der Waals surface area contributed by atoms with E-state index in [-0.39, 0.29) is 0 Å². The minimum atomic E-state index is 0.633. The van der Waals surface area contributed by atoms with Crippen molar-refractivity contribution in [3.05, 3.63) is 53.7 Å². The summed E-state index contributed by atoms with van der Waals surface area (Å²) in [5.41, 5.74) is 1.84. The van der Waals surface area contributed by atoms with Gasteiger partial charge in [0.15, 0.2) is 0 Å². The highest BCUT2D eigenvalue weighted by atomic mass is 35.5. The largest absolute Gasteiger partial charge is 0.254 e. The van der Waals surface area contributed by atoms with E-state index in [1.807, 2.05) is 30.3 Å². The van der Waals surface area contributed by atoms with E-state index in [0.29, 0.717) is 5.02 Å². The Balaban J connectivity index is 2.54. The third-order valence-electron chi connectivity index (χ3n) is 1.75. The van der Waals surface area contributed by atoms with Crippen LogP contribution in [0.4, 0.5) is 0 Å². The number of halogens is 1. The lowest BCUT2D eigenvalue weighted by Crippen LogP contribution is -1.82. The van der Waals surface area contributed by atoms with Crippen molar-refractivity contribution in [2.24, 2.45) is 0 Å². The first kappa shape index (κ1) is 8.27. The van der Waals surface area contributed by atoms with Gasteiger partial charge in [-0.2, -0.15) is 0 Å². The fourth-order valence-corrected chi connectivity index (χ4v) is 1.37. The molecule has 0 bridgehead atoms. The fourth-order valence-electron chi connectivity index (χ4n) is 1.15. The molecule has 0 aliphatic heterocycles. The molecule has 0 N–H and O–H groups in total. The van der Waals surface area contributed by atoms with Crippen molar-refractivity contribution < 1.29 is 0 Å². The molecule has 2 rings (SSSR count). The van der Waals surface area contributed by atoms with Gasteiger partial charge in [-0.15, -0.1) is 0 Å². The van der Waals surface area contributed by atoms with Crippen LogP contribution >= 0.6 is 11.6 Å². The van der Waals surface area contributed by atoms with Gasteiger partial charge in [0.05, 0.1) is 10.7 Å². The van der Waals surface area contributed by atoms with Crippen LogP contribution in [0.2, 0.25) is 5.02 Å². The Morgan fingerprint density at radius 2 is 1.92 bits per heavy atom. The summed E-state index contributed by atoms with van der Waals surface area (Å²) in [6.45, 7) is 0. The first-order chi connectivity index (χ1) is 6.38. The van der Waals surface area contributed by atoms with Crippen molar-refractivity contribution >= 4 is 11.6 Å². The van der Waals surface area contributed by atoms with Gasteiger partial charge in [-0.3, -0.25) is 4.98 Å². The maximum absolute atomic E-state index is 5.97. The van der Waals surface area contributed by atoms with Gasteiger partial charge in [0.25, 0.3) is 0 Å². The Bertz CT molecular complexity index is 398. The normalized spacial score (nSPS) is 9.92. The van der Waals surface area contributed by atoms with E-state index >= 15 is 0 Å². The summed E-state index contributed by atoms with van der Waals surface area (Å²) in [5, 5.41) is 0.633. The Morgan fingerprint density at radius 3 is 2.62 bits per heavy atom. The van der Waals surface area contributed by atoms with Crippen molar-refractivity contribution in [1.29, 1.82) is 0 Å². The molecule has 0 fully saturated rings. The summed E-state index contributed by atoms with van der Waals surface area (Å²) in [4.78, 5) is 4.16. The molecular weight excluding hydrogens is 182 g/mol. The predicted octanol–water partition coefficient (Wildman–Crippen LogP) is 3.20. The van der Waals surface area contributed by atoms with Crippen LogP contribution in [0, 0.1) is 6.07 Å². The second-order valence-electron chi connectivity index (χ2n) is 2.63. The highest BCUT2D eigenvalue weighted by Gasteiger charge is 2.01. The quantitative estimate of drug-likeness (QED) is 0.670. The second kappa shape index (κ2) is 3.58. The average molecular weight is 189 g/mol. The van der Waals surface area contributed by atoms with Crippen molar-refractivity contribution in [2.45, 2.75) is 0 Å². The molecule has 0 atom stereocenters. The third kappa shape index (κ3) is 1.70. The molecule has 63 valence electrons. The van der Waals surface area contributed by atoms with Crippen LogP contribution in [-0.2, 0) is 0 Å². The summed E-state index contributed by atoms with van der Waals surface area (Å²) >= 11 is 5.97. The Kier molecular flexibility index (Phi) is 2.28. The first-order valence-electron chi connectivity index (χ1n) is 3.95. The van der Waals surface area contributed by atoms with E-state index in [1.165, 1.54) is 0 Å². The monoisotopic (exact) mass is 188 g/mol. The highest BCUT2D eigenvalue weighted by molar-refractivity contribution is 6.32. The van der Waals surface area contributed by atoms with Gasteiger partial charge in [0.2, 0.25) is 0 Å². The predicted molar refractivity (Wildman–Crippen MR) is 53.5 cm³/mol. The smallest absolute Gasteiger partial charge is 0.0888 e. The highest BCUT2D eigenvalue weighted by Crippen LogP contribution is 2.23. The van der Waals surface area contributed by atoms with Crippen LogP contribution in [-0.4, -0.2) is 4.98 Å². The molecular formula is C11H7ClN. The van der Waals surface area contributed by atoms with E-state index in [9.17, 15) is 0 Å². The zero-order valence-electron chi connectivity index (χ0n) is 6.87. The molecule has 0 amide bonds. The van der Waals surface area contributed by atoms with E-state index in [4.69, 9.17) is 11.6 Å². The molecule has 1 aromatic heterocycles. The molecule has 0 spiro atoms. The number of benzene rings is 1. The van der Waals surface area contributed by atoms with Gasteiger partial charge in [0.1, 0.15) is 0 Å². The van der Waals surface area contributed by atoms with Crippen molar-refractivity contribution in [3.63, 3.8) is 0 Å². The molecule has 0 saturated heterocycles. The minimum absolute atomic E-state index is 0.633. The molecule has 1 aromatic carbocycles. The van der Waals surface area contributed by atoms with Gasteiger partial charge in [0, 0.05) is 17.8 Å². The van der Waals surface area contributed by atoms with E-state index < -0.39 is 0 Å². The lowest BCUT2D eigenvalue weighted by atomic mass is 10.1. The van der Waals surface area contributed by atoms with Crippen LogP contribution in [0.3, 0.4) is 0 Å². The summed E-state index contributed by atoms with van der Waals surface area (Å²) in [7, 11) is 0.